The Balaban J connectivity index is 1.75. The van der Waals surface area contributed by atoms with Crippen molar-refractivity contribution in [2.75, 3.05) is 12.4 Å². The van der Waals surface area contributed by atoms with E-state index in [1.807, 2.05) is 12.1 Å². The SMILES string of the molecule is CCC/C(=C\c1ccc(CO)o1)CC[C@H]1OC[C@H]2C1=C(C(C)C)CS2(=O)=O. The van der Waals surface area contributed by atoms with Crippen molar-refractivity contribution in [2.24, 2.45) is 5.92 Å². The fourth-order valence-electron chi connectivity index (χ4n) is 4.11. The van der Waals surface area contributed by atoms with Crippen molar-refractivity contribution in [2.45, 2.75) is 64.4 Å². The van der Waals surface area contributed by atoms with E-state index in [2.05, 4.69) is 20.8 Å². The van der Waals surface area contributed by atoms with Crippen molar-refractivity contribution < 1.29 is 22.7 Å². The number of fused-ring (bicyclic) bond motifs is 1. The van der Waals surface area contributed by atoms with E-state index in [-0.39, 0.29) is 24.4 Å². The monoisotopic (exact) mass is 394 g/mol. The molecule has 0 unspecified atom stereocenters. The van der Waals surface area contributed by atoms with Crippen molar-refractivity contribution in [1.29, 1.82) is 0 Å². The number of hydrogen-bond acceptors (Lipinski definition) is 5. The molecule has 3 rings (SSSR count). The summed E-state index contributed by atoms with van der Waals surface area (Å²) >= 11 is 0. The molecule has 27 heavy (non-hydrogen) atoms. The molecule has 0 aliphatic carbocycles. The lowest BCUT2D eigenvalue weighted by atomic mass is 9.91. The molecule has 1 aromatic rings. The first-order valence-corrected chi connectivity index (χ1v) is 11.5. The Kier molecular flexibility index (Phi) is 6.28. The summed E-state index contributed by atoms with van der Waals surface area (Å²) in [6, 6.07) is 3.65. The lowest BCUT2D eigenvalue weighted by Crippen LogP contribution is -2.19. The van der Waals surface area contributed by atoms with Gasteiger partial charge in [-0.25, -0.2) is 8.42 Å². The summed E-state index contributed by atoms with van der Waals surface area (Å²) in [5, 5.41) is 8.71. The van der Waals surface area contributed by atoms with Gasteiger partial charge in [-0.15, -0.1) is 0 Å². The first-order chi connectivity index (χ1) is 12.9. The third-order valence-corrected chi connectivity index (χ3v) is 7.45. The van der Waals surface area contributed by atoms with E-state index in [4.69, 9.17) is 14.3 Å². The molecule has 0 bridgehead atoms. The zero-order chi connectivity index (χ0) is 19.6. The van der Waals surface area contributed by atoms with Gasteiger partial charge in [-0.1, -0.05) is 32.8 Å². The number of aliphatic hydroxyl groups is 1. The average molecular weight is 395 g/mol. The standard InChI is InChI=1S/C21H30O5S/c1-4-5-15(10-16-7-8-17(11-22)26-16)6-9-19-21-18(14(2)3)13-27(23,24)20(21)12-25-19/h7-8,10,14,19-20,22H,4-6,9,11-13H2,1-3H3/b15-10+/t19-,20+/m1/s1. The molecule has 0 spiro atoms. The zero-order valence-electron chi connectivity index (χ0n) is 16.4. The minimum absolute atomic E-state index is 0.102. The van der Waals surface area contributed by atoms with Crippen LogP contribution < -0.4 is 0 Å². The second kappa shape index (κ2) is 8.33. The third-order valence-electron chi connectivity index (χ3n) is 5.48. The summed E-state index contributed by atoms with van der Waals surface area (Å²) in [7, 11) is -3.10. The summed E-state index contributed by atoms with van der Waals surface area (Å²) in [6.07, 6.45) is 5.56. The van der Waals surface area contributed by atoms with Gasteiger partial charge in [0.15, 0.2) is 9.84 Å². The summed E-state index contributed by atoms with van der Waals surface area (Å²) in [4.78, 5) is 0. The van der Waals surface area contributed by atoms with Gasteiger partial charge in [-0.2, -0.15) is 0 Å². The number of rotatable bonds is 8. The number of allylic oxidation sites excluding steroid dienone is 1. The second-order valence-electron chi connectivity index (χ2n) is 7.81. The number of sulfone groups is 1. The lowest BCUT2D eigenvalue weighted by molar-refractivity contribution is 0.117. The van der Waals surface area contributed by atoms with Crippen LogP contribution in [0.15, 0.2) is 33.3 Å². The highest BCUT2D eigenvalue weighted by Crippen LogP contribution is 2.41. The molecule has 1 fully saturated rings. The van der Waals surface area contributed by atoms with E-state index in [0.717, 1.165) is 42.6 Å². The first-order valence-electron chi connectivity index (χ1n) is 9.80. The van der Waals surface area contributed by atoms with Crippen LogP contribution in [0.5, 0.6) is 0 Å². The number of hydrogen-bond donors (Lipinski definition) is 1. The van der Waals surface area contributed by atoms with Crippen molar-refractivity contribution in [1.82, 2.24) is 0 Å². The Hall–Kier alpha value is -1.37. The Morgan fingerprint density at radius 1 is 1.33 bits per heavy atom. The van der Waals surface area contributed by atoms with Gasteiger partial charge >= 0.3 is 0 Å². The molecule has 5 nitrogen and oxygen atoms in total. The van der Waals surface area contributed by atoms with Crippen LogP contribution in [-0.2, 0) is 21.2 Å². The maximum Gasteiger partial charge on any atom is 0.163 e. The van der Waals surface area contributed by atoms with Gasteiger partial charge in [0.1, 0.15) is 23.4 Å². The van der Waals surface area contributed by atoms with Crippen molar-refractivity contribution in [3.63, 3.8) is 0 Å². The third kappa shape index (κ3) is 4.39. The predicted octanol–water partition coefficient (Wildman–Crippen LogP) is 3.88. The highest BCUT2D eigenvalue weighted by atomic mass is 32.2. The van der Waals surface area contributed by atoms with Crippen LogP contribution in [0.1, 0.15) is 58.0 Å². The molecule has 6 heteroatoms. The summed E-state index contributed by atoms with van der Waals surface area (Å²) in [5.41, 5.74) is 3.35. The zero-order valence-corrected chi connectivity index (χ0v) is 17.2. The van der Waals surface area contributed by atoms with Crippen LogP contribution >= 0.6 is 0 Å². The van der Waals surface area contributed by atoms with E-state index < -0.39 is 15.1 Å². The van der Waals surface area contributed by atoms with Crippen LogP contribution in [-0.4, -0.2) is 37.2 Å². The summed E-state index contributed by atoms with van der Waals surface area (Å²) < 4.78 is 36.4. The lowest BCUT2D eigenvalue weighted by Gasteiger charge is -2.16. The van der Waals surface area contributed by atoms with Crippen LogP contribution in [0.2, 0.25) is 0 Å². The van der Waals surface area contributed by atoms with Gasteiger partial charge in [0.25, 0.3) is 0 Å². The highest BCUT2D eigenvalue weighted by Gasteiger charge is 2.47. The molecule has 150 valence electrons. The fourth-order valence-corrected chi connectivity index (χ4v) is 6.22. The predicted molar refractivity (Wildman–Crippen MR) is 106 cm³/mol. The Morgan fingerprint density at radius 2 is 2.11 bits per heavy atom. The van der Waals surface area contributed by atoms with E-state index in [1.165, 1.54) is 5.57 Å². The second-order valence-corrected chi connectivity index (χ2v) is 9.99. The molecular formula is C21H30O5S. The van der Waals surface area contributed by atoms with E-state index in [0.29, 0.717) is 12.4 Å². The molecular weight excluding hydrogens is 364 g/mol. The van der Waals surface area contributed by atoms with Crippen LogP contribution in [0.3, 0.4) is 0 Å². The highest BCUT2D eigenvalue weighted by molar-refractivity contribution is 7.92. The first kappa shape index (κ1) is 20.4. The summed E-state index contributed by atoms with van der Waals surface area (Å²) in [5.74, 6) is 1.73. The Labute approximate surface area is 162 Å². The van der Waals surface area contributed by atoms with Crippen molar-refractivity contribution in [3.05, 3.63) is 40.4 Å². The van der Waals surface area contributed by atoms with E-state index in [9.17, 15) is 8.42 Å². The van der Waals surface area contributed by atoms with Crippen LogP contribution in [0, 0.1) is 5.92 Å². The molecule has 2 aliphatic rings. The average Bonchev–Trinajstić information content (AvgIpc) is 3.29. The normalized spacial score (nSPS) is 24.9. The van der Waals surface area contributed by atoms with Gasteiger partial charge in [0.05, 0.1) is 18.5 Å². The quantitative estimate of drug-likeness (QED) is 0.677. The molecule has 1 saturated heterocycles. The van der Waals surface area contributed by atoms with E-state index >= 15 is 0 Å². The van der Waals surface area contributed by atoms with Crippen molar-refractivity contribution >= 4 is 15.9 Å². The number of ether oxygens (including phenoxy) is 1. The van der Waals surface area contributed by atoms with Crippen molar-refractivity contribution in [3.8, 4) is 0 Å². The molecule has 2 aliphatic heterocycles. The largest absolute Gasteiger partial charge is 0.459 e. The smallest absolute Gasteiger partial charge is 0.163 e. The van der Waals surface area contributed by atoms with Crippen LogP contribution in [0.25, 0.3) is 6.08 Å². The fraction of sp³-hybridized carbons (Fsp3) is 0.619. The van der Waals surface area contributed by atoms with Crippen LogP contribution in [0.4, 0.5) is 0 Å². The van der Waals surface area contributed by atoms with E-state index in [1.54, 1.807) is 6.07 Å². The Bertz CT molecular complexity index is 829. The topological polar surface area (TPSA) is 76.7 Å². The number of furan rings is 1. The van der Waals surface area contributed by atoms with Gasteiger partial charge in [-0.3, -0.25) is 0 Å². The molecule has 2 atom stereocenters. The Morgan fingerprint density at radius 3 is 2.74 bits per heavy atom. The minimum Gasteiger partial charge on any atom is -0.459 e. The molecule has 0 saturated carbocycles. The summed E-state index contributed by atoms with van der Waals surface area (Å²) in [6.45, 7) is 6.46. The van der Waals surface area contributed by atoms with Gasteiger partial charge < -0.3 is 14.3 Å². The maximum absolute atomic E-state index is 12.5. The van der Waals surface area contributed by atoms with Gasteiger partial charge in [0.2, 0.25) is 0 Å². The molecule has 1 N–H and O–H groups in total. The van der Waals surface area contributed by atoms with Gasteiger partial charge in [0, 0.05) is 0 Å². The minimum atomic E-state index is -3.10. The molecule has 0 radical (unpaired) electrons. The molecule has 0 amide bonds. The van der Waals surface area contributed by atoms with Gasteiger partial charge in [-0.05, 0) is 54.5 Å². The molecule has 3 heterocycles. The molecule has 0 aromatic carbocycles. The molecule has 1 aromatic heterocycles. The number of aliphatic hydroxyl groups excluding tert-OH is 1. The maximum atomic E-state index is 12.5.